The van der Waals surface area contributed by atoms with Crippen molar-refractivity contribution in [1.82, 2.24) is 9.32 Å². The van der Waals surface area contributed by atoms with Crippen LogP contribution in [0.1, 0.15) is 13.8 Å². The summed E-state index contributed by atoms with van der Waals surface area (Å²) in [5.41, 5.74) is 0. The van der Waals surface area contributed by atoms with Crippen molar-refractivity contribution in [2.75, 3.05) is 13.2 Å². The van der Waals surface area contributed by atoms with E-state index in [0.717, 1.165) is 0 Å². The Morgan fingerprint density at radius 1 is 1.33 bits per heavy atom. The van der Waals surface area contributed by atoms with Gasteiger partial charge in [-0.1, -0.05) is 0 Å². The normalized spacial score (nSPS) is 10.9. The number of hydrogen-bond acceptors (Lipinski definition) is 3. The average molecular weight is 188 g/mol. The van der Waals surface area contributed by atoms with Crippen LogP contribution in [0.15, 0.2) is 18.7 Å². The first-order chi connectivity index (χ1) is 5.88. The van der Waals surface area contributed by atoms with Crippen LogP contribution in [0.3, 0.4) is 0 Å². The van der Waals surface area contributed by atoms with E-state index >= 15 is 0 Å². The molecule has 0 aliphatic heterocycles. The summed E-state index contributed by atoms with van der Waals surface area (Å²) in [5, 5.41) is 0. The predicted molar refractivity (Wildman–Crippen MR) is 47.8 cm³/mol. The van der Waals surface area contributed by atoms with Gasteiger partial charge in [-0.3, -0.25) is 4.34 Å². The summed E-state index contributed by atoms with van der Waals surface area (Å²) in [7, 11) is -0.965. The number of imidazole rings is 1. The fourth-order valence-electron chi connectivity index (χ4n) is 0.740. The van der Waals surface area contributed by atoms with Crippen LogP contribution in [0, 0.1) is 0 Å². The van der Waals surface area contributed by atoms with Crippen LogP contribution < -0.4 is 0 Å². The van der Waals surface area contributed by atoms with Gasteiger partial charge in [0.05, 0.1) is 13.2 Å². The molecule has 0 radical (unpaired) electrons. The molecule has 0 aliphatic rings. The maximum Gasteiger partial charge on any atom is 0.295 e. The summed E-state index contributed by atoms with van der Waals surface area (Å²) in [6.07, 6.45) is 5.27. The summed E-state index contributed by atoms with van der Waals surface area (Å²) in [5.74, 6) is 0. The summed E-state index contributed by atoms with van der Waals surface area (Å²) >= 11 is 0. The highest BCUT2D eigenvalue weighted by Gasteiger charge is 2.10. The Morgan fingerprint density at radius 2 is 2.00 bits per heavy atom. The molecule has 0 fully saturated rings. The van der Waals surface area contributed by atoms with Gasteiger partial charge in [0.25, 0.3) is 8.53 Å². The minimum atomic E-state index is -0.965. The highest BCUT2D eigenvalue weighted by atomic mass is 31.2. The van der Waals surface area contributed by atoms with Crippen molar-refractivity contribution in [3.8, 4) is 0 Å². The zero-order valence-corrected chi connectivity index (χ0v) is 8.20. The lowest BCUT2D eigenvalue weighted by Crippen LogP contribution is -1.97. The number of nitrogens with zero attached hydrogens (tertiary/aromatic N) is 2. The van der Waals surface area contributed by atoms with Crippen LogP contribution in [0.5, 0.6) is 0 Å². The van der Waals surface area contributed by atoms with Gasteiger partial charge in [-0.2, -0.15) is 0 Å². The molecule has 1 heterocycles. The summed E-state index contributed by atoms with van der Waals surface area (Å²) < 4.78 is 12.6. The van der Waals surface area contributed by atoms with Crippen molar-refractivity contribution >= 4 is 8.53 Å². The molecule has 68 valence electrons. The lowest BCUT2D eigenvalue weighted by Gasteiger charge is -2.14. The SMILES string of the molecule is CCOP(OCC)n1ccnc1. The second-order valence-electron chi connectivity index (χ2n) is 2.02. The van der Waals surface area contributed by atoms with Crippen LogP contribution in [-0.4, -0.2) is 22.5 Å². The maximum absolute atomic E-state index is 5.39. The highest BCUT2D eigenvalue weighted by Crippen LogP contribution is 2.38. The third-order valence-electron chi connectivity index (χ3n) is 1.16. The Hall–Kier alpha value is -0.440. The van der Waals surface area contributed by atoms with Crippen LogP contribution >= 0.6 is 8.53 Å². The fraction of sp³-hybridized carbons (Fsp3) is 0.571. The molecule has 0 amide bonds. The molecule has 1 rings (SSSR count). The zero-order chi connectivity index (χ0) is 8.81. The van der Waals surface area contributed by atoms with Gasteiger partial charge in [-0.15, -0.1) is 0 Å². The predicted octanol–water partition coefficient (Wildman–Crippen LogP) is 2.03. The molecule has 0 aromatic carbocycles. The van der Waals surface area contributed by atoms with E-state index in [0.29, 0.717) is 13.2 Å². The quantitative estimate of drug-likeness (QED) is 0.663. The van der Waals surface area contributed by atoms with Gasteiger partial charge in [0, 0.05) is 12.4 Å². The molecule has 0 unspecified atom stereocenters. The Balaban J connectivity index is 2.53. The third kappa shape index (κ3) is 2.55. The van der Waals surface area contributed by atoms with Crippen molar-refractivity contribution in [3.05, 3.63) is 18.7 Å². The molecule has 0 aliphatic carbocycles. The zero-order valence-electron chi connectivity index (χ0n) is 7.30. The molecule has 1 aromatic rings. The Morgan fingerprint density at radius 3 is 2.42 bits per heavy atom. The van der Waals surface area contributed by atoms with E-state index in [1.807, 2.05) is 24.4 Å². The number of aromatic nitrogens is 2. The molecule has 0 N–H and O–H groups in total. The van der Waals surface area contributed by atoms with Gasteiger partial charge >= 0.3 is 0 Å². The fourth-order valence-corrected chi connectivity index (χ4v) is 1.84. The van der Waals surface area contributed by atoms with Crippen LogP contribution in [0.4, 0.5) is 0 Å². The molecule has 4 nitrogen and oxygen atoms in total. The highest BCUT2D eigenvalue weighted by molar-refractivity contribution is 7.45. The molecular formula is C7H13N2O2P. The van der Waals surface area contributed by atoms with Crippen LogP contribution in [0.2, 0.25) is 0 Å². The van der Waals surface area contributed by atoms with E-state index in [4.69, 9.17) is 9.05 Å². The summed E-state index contributed by atoms with van der Waals surface area (Å²) in [6, 6.07) is 0. The van der Waals surface area contributed by atoms with Gasteiger partial charge in [0.15, 0.2) is 0 Å². The maximum atomic E-state index is 5.39. The van der Waals surface area contributed by atoms with Gasteiger partial charge < -0.3 is 9.05 Å². The number of rotatable bonds is 5. The molecular weight excluding hydrogens is 175 g/mol. The smallest absolute Gasteiger partial charge is 0.295 e. The van der Waals surface area contributed by atoms with Gasteiger partial charge in [-0.05, 0) is 13.8 Å². The van der Waals surface area contributed by atoms with Crippen molar-refractivity contribution in [3.63, 3.8) is 0 Å². The molecule has 0 bridgehead atoms. The topological polar surface area (TPSA) is 36.3 Å². The van der Waals surface area contributed by atoms with E-state index < -0.39 is 8.53 Å². The summed E-state index contributed by atoms with van der Waals surface area (Å²) in [4.78, 5) is 3.93. The standard InChI is InChI=1S/C7H13N2O2P/c1-3-10-12(11-4-2)9-6-5-8-7-9/h5-7H,3-4H2,1-2H3. The lowest BCUT2D eigenvalue weighted by molar-refractivity contribution is 0.263. The van der Waals surface area contributed by atoms with E-state index in [1.165, 1.54) is 0 Å². The Kier molecular flexibility index (Phi) is 4.22. The number of hydrogen-bond donors (Lipinski definition) is 0. The van der Waals surface area contributed by atoms with E-state index in [-0.39, 0.29) is 0 Å². The molecule has 0 spiro atoms. The molecule has 0 atom stereocenters. The van der Waals surface area contributed by atoms with Gasteiger partial charge in [0.2, 0.25) is 0 Å². The van der Waals surface area contributed by atoms with E-state index in [9.17, 15) is 0 Å². The van der Waals surface area contributed by atoms with Gasteiger partial charge in [-0.25, -0.2) is 4.98 Å². The molecule has 0 saturated heterocycles. The molecule has 0 saturated carbocycles. The summed E-state index contributed by atoms with van der Waals surface area (Å²) in [6.45, 7) is 5.21. The first-order valence-electron chi connectivity index (χ1n) is 3.92. The van der Waals surface area contributed by atoms with Crippen molar-refractivity contribution in [2.24, 2.45) is 0 Å². The largest absolute Gasteiger partial charge is 0.318 e. The first kappa shape index (κ1) is 9.65. The second-order valence-corrected chi connectivity index (χ2v) is 3.47. The monoisotopic (exact) mass is 188 g/mol. The molecule has 5 heteroatoms. The van der Waals surface area contributed by atoms with Crippen molar-refractivity contribution < 1.29 is 9.05 Å². The van der Waals surface area contributed by atoms with Crippen molar-refractivity contribution in [1.29, 1.82) is 0 Å². The first-order valence-corrected chi connectivity index (χ1v) is 5.05. The van der Waals surface area contributed by atoms with E-state index in [2.05, 4.69) is 4.98 Å². The van der Waals surface area contributed by atoms with Crippen LogP contribution in [-0.2, 0) is 9.05 Å². The minimum Gasteiger partial charge on any atom is -0.318 e. The minimum absolute atomic E-state index is 0.657. The second kappa shape index (κ2) is 5.25. The third-order valence-corrected chi connectivity index (χ3v) is 2.73. The van der Waals surface area contributed by atoms with Crippen molar-refractivity contribution in [2.45, 2.75) is 13.8 Å². The van der Waals surface area contributed by atoms with Crippen LogP contribution in [0.25, 0.3) is 0 Å². The van der Waals surface area contributed by atoms with Gasteiger partial charge in [0.1, 0.15) is 6.33 Å². The lowest BCUT2D eigenvalue weighted by atomic mass is 10.9. The molecule has 12 heavy (non-hydrogen) atoms. The molecule has 1 aromatic heterocycles. The average Bonchev–Trinajstić information content (AvgIpc) is 2.56. The Bertz CT molecular complexity index is 197. The Labute approximate surface area is 73.5 Å². The van der Waals surface area contributed by atoms with E-state index in [1.54, 1.807) is 12.5 Å².